The number of hydrogen-bond acceptors (Lipinski definition) is 4. The van der Waals surface area contributed by atoms with Gasteiger partial charge >= 0.3 is 0 Å². The topological polar surface area (TPSA) is 51.8 Å². The van der Waals surface area contributed by atoms with Crippen LogP contribution < -0.4 is 5.73 Å². The zero-order valence-corrected chi connectivity index (χ0v) is 11.5. The van der Waals surface area contributed by atoms with Crippen LogP contribution in [0.3, 0.4) is 0 Å². The van der Waals surface area contributed by atoms with Crippen LogP contribution in [0.5, 0.6) is 0 Å². The Morgan fingerprint density at radius 2 is 2.21 bits per heavy atom. The van der Waals surface area contributed by atoms with E-state index in [2.05, 4.69) is 9.97 Å². The molecule has 19 heavy (non-hydrogen) atoms. The second kappa shape index (κ2) is 6.63. The summed E-state index contributed by atoms with van der Waals surface area (Å²) in [6, 6.07) is 5.13. The van der Waals surface area contributed by atoms with Crippen LogP contribution in [0.1, 0.15) is 18.9 Å². The largest absolute Gasteiger partial charge is 0.327 e. The van der Waals surface area contributed by atoms with Crippen LogP contribution in [0.4, 0.5) is 4.39 Å². The normalized spacial score (nSPS) is 12.4. The highest BCUT2D eigenvalue weighted by Gasteiger charge is 2.13. The molecule has 100 valence electrons. The van der Waals surface area contributed by atoms with Crippen LogP contribution in [0.25, 0.3) is 0 Å². The van der Waals surface area contributed by atoms with Crippen LogP contribution in [-0.4, -0.2) is 16.0 Å². The van der Waals surface area contributed by atoms with Crippen molar-refractivity contribution in [3.05, 3.63) is 48.2 Å². The summed E-state index contributed by atoms with van der Waals surface area (Å²) < 4.78 is 14.0. The maximum absolute atomic E-state index is 14.0. The van der Waals surface area contributed by atoms with Crippen molar-refractivity contribution < 1.29 is 4.39 Å². The Kier molecular flexibility index (Phi) is 4.87. The first-order chi connectivity index (χ1) is 9.20. The Morgan fingerprint density at radius 3 is 2.89 bits per heavy atom. The first kappa shape index (κ1) is 14.0. The van der Waals surface area contributed by atoms with E-state index in [-0.39, 0.29) is 11.9 Å². The summed E-state index contributed by atoms with van der Waals surface area (Å²) in [7, 11) is 0. The molecular formula is C14H16FN3S. The summed E-state index contributed by atoms with van der Waals surface area (Å²) in [5, 5.41) is 0.680. The summed E-state index contributed by atoms with van der Waals surface area (Å²) in [5.74, 6) is -0.239. The minimum atomic E-state index is -0.239. The molecule has 2 rings (SSSR count). The highest BCUT2D eigenvalue weighted by atomic mass is 32.2. The van der Waals surface area contributed by atoms with E-state index in [4.69, 9.17) is 5.73 Å². The first-order valence-corrected chi connectivity index (χ1v) is 6.99. The highest BCUT2D eigenvalue weighted by Crippen LogP contribution is 2.31. The molecule has 0 saturated carbocycles. The molecule has 0 fully saturated rings. The van der Waals surface area contributed by atoms with Crippen LogP contribution in [0, 0.1) is 5.82 Å². The third kappa shape index (κ3) is 3.75. The molecular weight excluding hydrogens is 261 g/mol. The Balaban J connectivity index is 2.27. The lowest BCUT2D eigenvalue weighted by atomic mass is 10.0. The molecule has 0 aliphatic heterocycles. The second-order valence-electron chi connectivity index (χ2n) is 4.25. The summed E-state index contributed by atoms with van der Waals surface area (Å²) in [4.78, 5) is 8.73. The average molecular weight is 277 g/mol. The van der Waals surface area contributed by atoms with Gasteiger partial charge in [-0.05, 0) is 24.5 Å². The zero-order valence-electron chi connectivity index (χ0n) is 10.7. The smallest absolute Gasteiger partial charge is 0.137 e. The average Bonchev–Trinajstić information content (AvgIpc) is 2.43. The lowest BCUT2D eigenvalue weighted by molar-refractivity contribution is 0.585. The van der Waals surface area contributed by atoms with Gasteiger partial charge < -0.3 is 5.73 Å². The van der Waals surface area contributed by atoms with Gasteiger partial charge in [0.05, 0.1) is 11.1 Å². The van der Waals surface area contributed by atoms with Crippen molar-refractivity contribution in [3.8, 4) is 0 Å². The summed E-state index contributed by atoms with van der Waals surface area (Å²) in [6.45, 7) is 2.03. The van der Waals surface area contributed by atoms with Gasteiger partial charge in [-0.25, -0.2) is 9.37 Å². The van der Waals surface area contributed by atoms with Crippen LogP contribution in [0.2, 0.25) is 0 Å². The quantitative estimate of drug-likeness (QED) is 0.912. The van der Waals surface area contributed by atoms with Gasteiger partial charge in [0, 0.05) is 18.4 Å². The van der Waals surface area contributed by atoms with Crippen LogP contribution in [0.15, 0.2) is 46.7 Å². The number of aromatic nitrogens is 2. The van der Waals surface area contributed by atoms with Crippen LogP contribution >= 0.6 is 11.8 Å². The van der Waals surface area contributed by atoms with E-state index < -0.39 is 0 Å². The van der Waals surface area contributed by atoms with Gasteiger partial charge in [-0.2, -0.15) is 0 Å². The molecule has 1 aromatic carbocycles. The van der Waals surface area contributed by atoms with Crippen molar-refractivity contribution in [1.82, 2.24) is 9.97 Å². The third-order valence-electron chi connectivity index (χ3n) is 2.80. The molecule has 0 aliphatic rings. The molecule has 3 nitrogen and oxygen atoms in total. The predicted octanol–water partition coefficient (Wildman–Crippen LogP) is 3.05. The van der Waals surface area contributed by atoms with Gasteiger partial charge in [-0.15, -0.1) is 0 Å². The molecule has 0 bridgehead atoms. The Labute approximate surface area is 116 Å². The Morgan fingerprint density at radius 1 is 1.37 bits per heavy atom. The van der Waals surface area contributed by atoms with Gasteiger partial charge in [0.1, 0.15) is 10.8 Å². The number of halogens is 1. The minimum Gasteiger partial charge on any atom is -0.327 e. The summed E-state index contributed by atoms with van der Waals surface area (Å²) in [6.07, 6.45) is 6.35. The fourth-order valence-corrected chi connectivity index (χ4v) is 2.58. The molecule has 2 aromatic rings. The van der Waals surface area contributed by atoms with Gasteiger partial charge in [-0.1, -0.05) is 30.8 Å². The molecule has 1 heterocycles. The van der Waals surface area contributed by atoms with Crippen molar-refractivity contribution in [2.24, 2.45) is 5.73 Å². The molecule has 0 aliphatic carbocycles. The molecule has 0 spiro atoms. The minimum absolute atomic E-state index is 0.0445. The van der Waals surface area contributed by atoms with Gasteiger partial charge in [0.15, 0.2) is 0 Å². The summed E-state index contributed by atoms with van der Waals surface area (Å²) >= 11 is 1.29. The Hall–Kier alpha value is -1.46. The van der Waals surface area contributed by atoms with Crippen molar-refractivity contribution in [2.75, 3.05) is 0 Å². The Bertz CT molecular complexity index is 533. The fourth-order valence-electron chi connectivity index (χ4n) is 1.70. The van der Waals surface area contributed by atoms with E-state index in [0.717, 1.165) is 12.0 Å². The van der Waals surface area contributed by atoms with Gasteiger partial charge in [0.25, 0.3) is 0 Å². The van der Waals surface area contributed by atoms with Crippen molar-refractivity contribution in [1.29, 1.82) is 0 Å². The second-order valence-corrected chi connectivity index (χ2v) is 5.28. The monoisotopic (exact) mass is 277 g/mol. The van der Waals surface area contributed by atoms with E-state index in [0.29, 0.717) is 16.3 Å². The maximum atomic E-state index is 14.0. The molecule has 2 N–H and O–H groups in total. The number of rotatable bonds is 5. The maximum Gasteiger partial charge on any atom is 0.137 e. The van der Waals surface area contributed by atoms with E-state index in [1.54, 1.807) is 24.7 Å². The molecule has 0 radical (unpaired) electrons. The van der Waals surface area contributed by atoms with Gasteiger partial charge in [0.2, 0.25) is 0 Å². The van der Waals surface area contributed by atoms with Gasteiger partial charge in [-0.3, -0.25) is 4.98 Å². The van der Waals surface area contributed by atoms with E-state index in [9.17, 15) is 4.39 Å². The third-order valence-corrected chi connectivity index (χ3v) is 3.88. The van der Waals surface area contributed by atoms with E-state index in [1.807, 2.05) is 13.0 Å². The summed E-state index contributed by atoms with van der Waals surface area (Å²) in [5.41, 5.74) is 6.88. The number of nitrogens with zero attached hydrogens (tertiary/aromatic N) is 2. The highest BCUT2D eigenvalue weighted by molar-refractivity contribution is 7.99. The lowest BCUT2D eigenvalue weighted by Gasteiger charge is -2.13. The molecule has 0 amide bonds. The van der Waals surface area contributed by atoms with E-state index in [1.165, 1.54) is 17.8 Å². The number of hydrogen-bond donors (Lipinski definition) is 1. The standard InChI is InChI=1S/C14H16FN3S/c1-2-11(16)8-10-4-3-5-12(15)14(10)19-13-9-17-6-7-18-13/h3-7,9,11H,2,8,16H2,1H3. The molecule has 1 atom stereocenters. The van der Waals surface area contributed by atoms with Crippen molar-refractivity contribution in [3.63, 3.8) is 0 Å². The molecule has 0 saturated heterocycles. The molecule has 5 heteroatoms. The molecule has 1 unspecified atom stereocenters. The SMILES string of the molecule is CCC(N)Cc1cccc(F)c1Sc1cnccn1. The van der Waals surface area contributed by atoms with E-state index >= 15 is 0 Å². The molecule has 1 aromatic heterocycles. The lowest BCUT2D eigenvalue weighted by Crippen LogP contribution is -2.21. The zero-order chi connectivity index (χ0) is 13.7. The van der Waals surface area contributed by atoms with Crippen molar-refractivity contribution in [2.45, 2.75) is 35.7 Å². The van der Waals surface area contributed by atoms with Crippen molar-refractivity contribution >= 4 is 11.8 Å². The number of nitrogens with two attached hydrogens (primary N) is 1. The first-order valence-electron chi connectivity index (χ1n) is 6.17. The number of benzene rings is 1. The van der Waals surface area contributed by atoms with Crippen LogP contribution in [-0.2, 0) is 6.42 Å². The predicted molar refractivity (Wildman–Crippen MR) is 74.5 cm³/mol. The fraction of sp³-hybridized carbons (Fsp3) is 0.286.